The highest BCUT2D eigenvalue weighted by atomic mass is 79.9. The van der Waals surface area contributed by atoms with Crippen molar-refractivity contribution in [3.63, 3.8) is 0 Å². The van der Waals surface area contributed by atoms with Gasteiger partial charge in [-0.25, -0.2) is 28.9 Å². The van der Waals surface area contributed by atoms with Crippen LogP contribution in [0.4, 0.5) is 0 Å². The quantitative estimate of drug-likeness (QED) is 0.212. The van der Waals surface area contributed by atoms with Crippen molar-refractivity contribution < 1.29 is 23.9 Å². The van der Waals surface area contributed by atoms with Gasteiger partial charge in [0.05, 0.1) is 36.4 Å². The second-order valence-electron chi connectivity index (χ2n) is 12.2. The normalized spacial score (nSPS) is 14.4. The van der Waals surface area contributed by atoms with Crippen molar-refractivity contribution in [1.29, 1.82) is 0 Å². The SMILES string of the molecule is COC(=O)c1nn(-c2cccc(Br)c2)c2ncc(C3CN(C(C)=O)C3)cc12.COC(=O)c1nn(-c2cccc(Br)c2)c2ncc(C3CNC3)cc12. The average Bonchev–Trinajstić information content (AvgIpc) is 3.65. The second kappa shape index (κ2) is 14.3. The number of pyridine rings is 2. The molecule has 2 aliphatic rings. The molecule has 0 atom stereocenters. The van der Waals surface area contributed by atoms with Gasteiger partial charge in [-0.3, -0.25) is 4.79 Å². The predicted molar refractivity (Wildman–Crippen MR) is 196 cm³/mol. The topological polar surface area (TPSA) is 146 Å². The molecule has 15 heteroatoms. The van der Waals surface area contributed by atoms with Crippen LogP contribution in [0, 0.1) is 0 Å². The molecule has 0 spiro atoms. The van der Waals surface area contributed by atoms with Gasteiger partial charge in [-0.2, -0.15) is 10.2 Å². The molecule has 4 aromatic heterocycles. The number of carbonyl (C=O) groups excluding carboxylic acids is 3. The summed E-state index contributed by atoms with van der Waals surface area (Å²) in [6, 6.07) is 19.2. The van der Waals surface area contributed by atoms with E-state index in [4.69, 9.17) is 9.47 Å². The Bertz CT molecular complexity index is 2310. The molecule has 2 aromatic carbocycles. The van der Waals surface area contributed by atoms with Crippen LogP contribution in [0.2, 0.25) is 0 Å². The summed E-state index contributed by atoms with van der Waals surface area (Å²) in [5, 5.41) is 13.5. The van der Waals surface area contributed by atoms with Crippen molar-refractivity contribution >= 4 is 71.8 Å². The highest BCUT2D eigenvalue weighted by Crippen LogP contribution is 2.31. The molecule has 0 bridgehead atoms. The maximum absolute atomic E-state index is 12.3. The van der Waals surface area contributed by atoms with Crippen molar-refractivity contribution in [2.75, 3.05) is 40.4 Å². The molecule has 2 saturated heterocycles. The molecule has 0 unspecified atom stereocenters. The fourth-order valence-electron chi connectivity index (χ4n) is 6.02. The standard InChI is InChI=1S/C19H17BrN4O3.C17H15BrN4O2/c1-11(25)23-9-13(10-23)12-6-16-17(19(26)27-2)22-24(18(16)21-8-12)15-5-3-4-14(20)7-15;1-24-17(23)15-14-5-10(11-7-19-8-11)9-20-16(14)22(21-15)13-4-2-3-12(18)6-13/h3-8,13H,9-10H2,1-2H3;2-6,9,11,19H,7-8H2,1H3. The van der Waals surface area contributed by atoms with Gasteiger partial charge >= 0.3 is 11.9 Å². The van der Waals surface area contributed by atoms with Crippen LogP contribution in [0.1, 0.15) is 50.9 Å². The number of halogens is 2. The molecule has 8 rings (SSSR count). The number of rotatable bonds is 6. The molecular formula is C36H32Br2N8O5. The summed E-state index contributed by atoms with van der Waals surface area (Å²) < 4.78 is 14.9. The number of likely N-dealkylation sites (tertiary alicyclic amines) is 1. The fraction of sp³-hybridized carbons (Fsp3) is 0.250. The fourth-order valence-corrected chi connectivity index (χ4v) is 6.80. The van der Waals surface area contributed by atoms with E-state index in [0.29, 0.717) is 41.1 Å². The molecule has 0 aliphatic carbocycles. The zero-order valence-electron chi connectivity index (χ0n) is 27.8. The lowest BCUT2D eigenvalue weighted by Crippen LogP contribution is -2.47. The van der Waals surface area contributed by atoms with E-state index in [0.717, 1.165) is 44.5 Å². The second-order valence-corrected chi connectivity index (χ2v) is 14.1. The van der Waals surface area contributed by atoms with Crippen molar-refractivity contribution in [1.82, 2.24) is 39.7 Å². The van der Waals surface area contributed by atoms with Crippen LogP contribution in [-0.4, -0.2) is 92.7 Å². The molecule has 0 saturated carbocycles. The minimum absolute atomic E-state index is 0.0676. The molecule has 260 valence electrons. The zero-order valence-corrected chi connectivity index (χ0v) is 31.0. The predicted octanol–water partition coefficient (Wildman–Crippen LogP) is 5.57. The summed E-state index contributed by atoms with van der Waals surface area (Å²) in [4.78, 5) is 46.8. The smallest absolute Gasteiger partial charge is 0.359 e. The van der Waals surface area contributed by atoms with Crippen LogP contribution in [0.5, 0.6) is 0 Å². The molecule has 6 heterocycles. The Balaban J connectivity index is 0.000000160. The number of methoxy groups -OCH3 is 2. The number of hydrogen-bond acceptors (Lipinski definition) is 10. The summed E-state index contributed by atoms with van der Waals surface area (Å²) in [6.45, 7) is 4.75. The lowest BCUT2D eigenvalue weighted by Gasteiger charge is -2.38. The monoisotopic (exact) mass is 814 g/mol. The summed E-state index contributed by atoms with van der Waals surface area (Å²) in [6.07, 6.45) is 3.66. The van der Waals surface area contributed by atoms with Crippen LogP contribution < -0.4 is 5.32 Å². The Morgan fingerprint density at radius 1 is 0.725 bits per heavy atom. The number of nitrogens with one attached hydrogen (secondary N) is 1. The zero-order chi connectivity index (χ0) is 35.8. The summed E-state index contributed by atoms with van der Waals surface area (Å²) >= 11 is 6.91. The lowest BCUT2D eigenvalue weighted by molar-refractivity contribution is -0.133. The molecule has 2 aliphatic heterocycles. The molecule has 1 amide bonds. The first-order chi connectivity index (χ1) is 24.6. The summed E-state index contributed by atoms with van der Waals surface area (Å²) in [5.41, 5.74) is 5.45. The first-order valence-corrected chi connectivity index (χ1v) is 17.7. The Hall–Kier alpha value is -4.99. The van der Waals surface area contributed by atoms with Gasteiger partial charge in [0.15, 0.2) is 22.7 Å². The molecule has 51 heavy (non-hydrogen) atoms. The Morgan fingerprint density at radius 3 is 1.59 bits per heavy atom. The van der Waals surface area contributed by atoms with Crippen molar-refractivity contribution in [3.8, 4) is 11.4 Å². The number of amides is 1. The summed E-state index contributed by atoms with van der Waals surface area (Å²) in [7, 11) is 2.69. The van der Waals surface area contributed by atoms with E-state index in [1.807, 2.05) is 66.9 Å². The lowest BCUT2D eigenvalue weighted by atomic mass is 9.92. The van der Waals surface area contributed by atoms with E-state index in [1.165, 1.54) is 14.2 Å². The molecule has 1 N–H and O–H groups in total. The maximum atomic E-state index is 12.3. The third kappa shape index (κ3) is 6.76. The van der Waals surface area contributed by atoms with E-state index in [-0.39, 0.29) is 23.2 Å². The van der Waals surface area contributed by atoms with Gasteiger partial charge in [0, 0.05) is 66.3 Å². The Kier molecular flexibility index (Phi) is 9.68. The third-order valence-corrected chi connectivity index (χ3v) is 9.99. The number of hydrogen-bond donors (Lipinski definition) is 1. The van der Waals surface area contributed by atoms with Gasteiger partial charge in [0.2, 0.25) is 5.91 Å². The molecular weight excluding hydrogens is 784 g/mol. The van der Waals surface area contributed by atoms with Gasteiger partial charge in [0.25, 0.3) is 0 Å². The number of esters is 2. The molecule has 6 aromatic rings. The number of nitrogens with zero attached hydrogens (tertiary/aromatic N) is 7. The first-order valence-electron chi connectivity index (χ1n) is 16.1. The number of ether oxygens (including phenoxy) is 2. The summed E-state index contributed by atoms with van der Waals surface area (Å²) in [5.74, 6) is -0.253. The van der Waals surface area contributed by atoms with Gasteiger partial charge < -0.3 is 19.7 Å². The van der Waals surface area contributed by atoms with Gasteiger partial charge in [0.1, 0.15) is 0 Å². The van der Waals surface area contributed by atoms with E-state index in [1.54, 1.807) is 27.4 Å². The third-order valence-electron chi connectivity index (χ3n) is 9.00. The highest BCUT2D eigenvalue weighted by Gasteiger charge is 2.31. The number of aromatic nitrogens is 6. The van der Waals surface area contributed by atoms with Crippen LogP contribution in [0.25, 0.3) is 33.4 Å². The van der Waals surface area contributed by atoms with Crippen LogP contribution in [0.15, 0.2) is 82.0 Å². The highest BCUT2D eigenvalue weighted by molar-refractivity contribution is 9.10. The van der Waals surface area contributed by atoms with Gasteiger partial charge in [-0.1, -0.05) is 44.0 Å². The average molecular weight is 817 g/mol. The number of carbonyl (C=O) groups is 3. The van der Waals surface area contributed by atoms with Crippen LogP contribution in [-0.2, 0) is 14.3 Å². The minimum Gasteiger partial charge on any atom is -0.464 e. The van der Waals surface area contributed by atoms with E-state index < -0.39 is 11.9 Å². The minimum atomic E-state index is -0.508. The molecule has 2 fully saturated rings. The Labute approximate surface area is 309 Å². The van der Waals surface area contributed by atoms with Crippen LogP contribution >= 0.6 is 31.9 Å². The number of fused-ring (bicyclic) bond motifs is 2. The molecule has 0 radical (unpaired) electrons. The molecule has 13 nitrogen and oxygen atoms in total. The van der Waals surface area contributed by atoms with E-state index >= 15 is 0 Å². The maximum Gasteiger partial charge on any atom is 0.359 e. The van der Waals surface area contributed by atoms with Crippen molar-refractivity contribution in [3.05, 3.63) is 105 Å². The van der Waals surface area contributed by atoms with Gasteiger partial charge in [-0.15, -0.1) is 0 Å². The Morgan fingerprint density at radius 2 is 1.20 bits per heavy atom. The van der Waals surface area contributed by atoms with E-state index in [9.17, 15) is 14.4 Å². The first kappa shape index (κ1) is 34.5. The van der Waals surface area contributed by atoms with Crippen molar-refractivity contribution in [2.45, 2.75) is 18.8 Å². The van der Waals surface area contributed by atoms with Crippen LogP contribution in [0.3, 0.4) is 0 Å². The van der Waals surface area contributed by atoms with Crippen molar-refractivity contribution in [2.24, 2.45) is 0 Å². The largest absolute Gasteiger partial charge is 0.464 e. The van der Waals surface area contributed by atoms with E-state index in [2.05, 4.69) is 57.3 Å². The number of benzene rings is 2. The van der Waals surface area contributed by atoms with Gasteiger partial charge in [-0.05, 0) is 59.7 Å².